The number of nitrogen functional groups attached to an aromatic ring is 1. The van der Waals surface area contributed by atoms with Crippen LogP contribution in [0.2, 0.25) is 0 Å². The SMILES string of the molecule is CC(C)Cc1nc(N)c2ccc([C@]3(C#N)O[C@H](CO)[C@H]4OC(C)(C)O[C@H]43)n2n1. The van der Waals surface area contributed by atoms with Gasteiger partial charge < -0.3 is 25.1 Å². The van der Waals surface area contributed by atoms with Crippen LogP contribution in [0.3, 0.4) is 0 Å². The first-order chi connectivity index (χ1) is 13.2. The average Bonchev–Trinajstić information content (AvgIpc) is 3.24. The predicted molar refractivity (Wildman–Crippen MR) is 99.0 cm³/mol. The standard InChI is InChI=1S/C19H25N5O4/c1-10(2)7-14-22-17(21)11-5-6-13(24(11)23-14)19(9-20)16-15(12(8-25)26-19)27-18(3,4)28-16/h5-6,10,12,15-16,25H,7-8H2,1-4H3,(H2,21,22,23)/t12-,15-,16-,19+/m1/s1. The lowest BCUT2D eigenvalue weighted by Gasteiger charge is -2.28. The van der Waals surface area contributed by atoms with Crippen LogP contribution in [0, 0.1) is 17.2 Å². The van der Waals surface area contributed by atoms with E-state index in [-0.39, 0.29) is 6.61 Å². The normalized spacial score (nSPS) is 31.4. The molecule has 4 heterocycles. The summed E-state index contributed by atoms with van der Waals surface area (Å²) >= 11 is 0. The van der Waals surface area contributed by atoms with Gasteiger partial charge in [0.2, 0.25) is 5.60 Å². The minimum Gasteiger partial charge on any atom is -0.394 e. The lowest BCUT2D eigenvalue weighted by Crippen LogP contribution is -2.40. The second kappa shape index (κ2) is 6.39. The summed E-state index contributed by atoms with van der Waals surface area (Å²) in [4.78, 5) is 4.38. The molecule has 0 spiro atoms. The molecule has 2 fully saturated rings. The van der Waals surface area contributed by atoms with Gasteiger partial charge in [0.1, 0.15) is 29.9 Å². The third-order valence-electron chi connectivity index (χ3n) is 5.13. The fourth-order valence-corrected chi connectivity index (χ4v) is 4.04. The Morgan fingerprint density at radius 2 is 2.07 bits per heavy atom. The van der Waals surface area contributed by atoms with Crippen LogP contribution in [0.15, 0.2) is 12.1 Å². The number of aliphatic hydroxyl groups is 1. The summed E-state index contributed by atoms with van der Waals surface area (Å²) in [7, 11) is 0. The minimum absolute atomic E-state index is 0.289. The molecule has 2 saturated heterocycles. The molecule has 0 bridgehead atoms. The number of ether oxygens (including phenoxy) is 3. The zero-order valence-corrected chi connectivity index (χ0v) is 16.4. The largest absolute Gasteiger partial charge is 0.394 e. The minimum atomic E-state index is -1.49. The highest BCUT2D eigenvalue weighted by atomic mass is 16.8. The number of fused-ring (bicyclic) bond motifs is 2. The van der Waals surface area contributed by atoms with E-state index >= 15 is 0 Å². The van der Waals surface area contributed by atoms with E-state index in [1.165, 1.54) is 0 Å². The Labute approximate surface area is 163 Å². The summed E-state index contributed by atoms with van der Waals surface area (Å²) in [5, 5.41) is 24.6. The van der Waals surface area contributed by atoms with Crippen molar-refractivity contribution in [2.45, 2.75) is 63.8 Å². The second-order valence-electron chi connectivity index (χ2n) is 8.23. The van der Waals surface area contributed by atoms with E-state index < -0.39 is 29.7 Å². The van der Waals surface area contributed by atoms with Crippen LogP contribution >= 0.6 is 0 Å². The number of aromatic nitrogens is 3. The van der Waals surface area contributed by atoms with Crippen molar-refractivity contribution in [3.8, 4) is 6.07 Å². The van der Waals surface area contributed by atoms with Crippen LogP contribution in [0.5, 0.6) is 0 Å². The van der Waals surface area contributed by atoms with Crippen molar-refractivity contribution in [1.82, 2.24) is 14.6 Å². The Hall–Kier alpha value is -2.25. The Morgan fingerprint density at radius 1 is 1.32 bits per heavy atom. The van der Waals surface area contributed by atoms with Crippen LogP contribution in [-0.2, 0) is 26.2 Å². The molecule has 0 amide bonds. The molecule has 9 nitrogen and oxygen atoms in total. The summed E-state index contributed by atoms with van der Waals surface area (Å²) in [5.74, 6) is 0.377. The third-order valence-corrected chi connectivity index (χ3v) is 5.13. The molecular formula is C19H25N5O4. The van der Waals surface area contributed by atoms with E-state index in [1.807, 2.05) is 0 Å². The summed E-state index contributed by atoms with van der Waals surface area (Å²) in [6, 6.07) is 5.77. The molecule has 0 aliphatic carbocycles. The van der Waals surface area contributed by atoms with Gasteiger partial charge >= 0.3 is 0 Å². The van der Waals surface area contributed by atoms with Crippen molar-refractivity contribution in [3.05, 3.63) is 23.7 Å². The number of hydrogen-bond donors (Lipinski definition) is 2. The molecule has 2 aliphatic rings. The smallest absolute Gasteiger partial charge is 0.226 e. The lowest BCUT2D eigenvalue weighted by atomic mass is 9.92. The monoisotopic (exact) mass is 387 g/mol. The molecule has 3 N–H and O–H groups in total. The fraction of sp³-hybridized carbons (Fsp3) is 0.632. The first kappa shape index (κ1) is 19.1. The topological polar surface area (TPSA) is 128 Å². The van der Waals surface area contributed by atoms with Crippen LogP contribution < -0.4 is 5.73 Å². The number of nitrogens with two attached hydrogens (primary N) is 1. The van der Waals surface area contributed by atoms with E-state index in [0.717, 1.165) is 0 Å². The van der Waals surface area contributed by atoms with Crippen molar-refractivity contribution in [2.24, 2.45) is 5.92 Å². The molecular weight excluding hydrogens is 362 g/mol. The number of hydrogen-bond acceptors (Lipinski definition) is 8. The van der Waals surface area contributed by atoms with Gasteiger partial charge in [-0.1, -0.05) is 13.8 Å². The van der Waals surface area contributed by atoms with Crippen molar-refractivity contribution in [3.63, 3.8) is 0 Å². The van der Waals surface area contributed by atoms with E-state index in [2.05, 4.69) is 30.0 Å². The molecule has 2 aromatic rings. The van der Waals surface area contributed by atoms with Gasteiger partial charge in [0.05, 0.1) is 12.3 Å². The molecule has 4 atom stereocenters. The van der Waals surface area contributed by atoms with E-state index in [4.69, 9.17) is 19.9 Å². The zero-order chi connectivity index (χ0) is 20.3. The summed E-state index contributed by atoms with van der Waals surface area (Å²) in [5.41, 5.74) is 5.72. The summed E-state index contributed by atoms with van der Waals surface area (Å²) < 4.78 is 19.6. The second-order valence-corrected chi connectivity index (χ2v) is 8.23. The van der Waals surface area contributed by atoms with Crippen molar-refractivity contribution < 1.29 is 19.3 Å². The maximum atomic E-state index is 10.2. The Bertz CT molecular complexity index is 950. The lowest BCUT2D eigenvalue weighted by molar-refractivity contribution is -0.204. The first-order valence-electron chi connectivity index (χ1n) is 9.41. The molecule has 2 aromatic heterocycles. The summed E-state index contributed by atoms with van der Waals surface area (Å²) in [6.07, 6.45) is -1.32. The Balaban J connectivity index is 1.88. The highest BCUT2D eigenvalue weighted by molar-refractivity contribution is 5.66. The van der Waals surface area contributed by atoms with Gasteiger partial charge in [-0.05, 0) is 31.9 Å². The molecule has 2 aliphatic heterocycles. The van der Waals surface area contributed by atoms with Gasteiger partial charge in [0.15, 0.2) is 17.4 Å². The van der Waals surface area contributed by atoms with Gasteiger partial charge in [-0.25, -0.2) is 9.50 Å². The molecule has 9 heteroatoms. The van der Waals surface area contributed by atoms with Crippen LogP contribution in [0.4, 0.5) is 5.82 Å². The average molecular weight is 387 g/mol. The van der Waals surface area contributed by atoms with Gasteiger partial charge in [-0.2, -0.15) is 10.4 Å². The maximum Gasteiger partial charge on any atom is 0.226 e. The molecule has 4 rings (SSSR count). The number of anilines is 1. The summed E-state index contributed by atoms with van der Waals surface area (Å²) in [6.45, 7) is 7.40. The van der Waals surface area contributed by atoms with Gasteiger partial charge in [-0.3, -0.25) is 0 Å². The van der Waals surface area contributed by atoms with E-state index in [1.54, 1.807) is 30.5 Å². The molecule has 150 valence electrons. The van der Waals surface area contributed by atoms with Crippen LogP contribution in [0.25, 0.3) is 5.52 Å². The number of nitriles is 1. The molecule has 28 heavy (non-hydrogen) atoms. The number of rotatable bonds is 4. The molecule has 0 radical (unpaired) electrons. The van der Waals surface area contributed by atoms with Crippen molar-refractivity contribution in [1.29, 1.82) is 5.26 Å². The first-order valence-corrected chi connectivity index (χ1v) is 9.41. The quantitative estimate of drug-likeness (QED) is 0.799. The Morgan fingerprint density at radius 3 is 2.71 bits per heavy atom. The maximum absolute atomic E-state index is 10.2. The third kappa shape index (κ3) is 2.76. The van der Waals surface area contributed by atoms with Crippen LogP contribution in [0.1, 0.15) is 39.2 Å². The van der Waals surface area contributed by atoms with Gasteiger partial charge in [-0.15, -0.1) is 0 Å². The van der Waals surface area contributed by atoms with Crippen molar-refractivity contribution >= 4 is 11.3 Å². The number of aliphatic hydroxyl groups excluding tert-OH is 1. The number of nitrogens with zero attached hydrogens (tertiary/aromatic N) is 4. The highest BCUT2D eigenvalue weighted by Gasteiger charge is 2.65. The zero-order valence-electron chi connectivity index (χ0n) is 16.4. The Kier molecular flexibility index (Phi) is 4.35. The van der Waals surface area contributed by atoms with Gasteiger partial charge in [0.25, 0.3) is 0 Å². The van der Waals surface area contributed by atoms with Gasteiger partial charge in [0, 0.05) is 6.42 Å². The fourth-order valence-electron chi connectivity index (χ4n) is 4.04. The molecule has 0 saturated carbocycles. The predicted octanol–water partition coefficient (Wildman–Crippen LogP) is 1.14. The highest BCUT2D eigenvalue weighted by Crippen LogP contribution is 2.49. The molecule has 0 aromatic carbocycles. The van der Waals surface area contributed by atoms with Crippen molar-refractivity contribution in [2.75, 3.05) is 12.3 Å². The van der Waals surface area contributed by atoms with E-state index in [9.17, 15) is 10.4 Å². The van der Waals surface area contributed by atoms with Crippen LogP contribution in [-0.4, -0.2) is 50.4 Å². The van der Waals surface area contributed by atoms with E-state index in [0.29, 0.717) is 35.2 Å². The molecule has 0 unspecified atom stereocenters.